The maximum Gasteiger partial charge on any atom is 0.407 e. The van der Waals surface area contributed by atoms with Crippen LogP contribution in [0.2, 0.25) is 0 Å². The van der Waals surface area contributed by atoms with Crippen LogP contribution < -0.4 is 10.6 Å². The van der Waals surface area contributed by atoms with Crippen molar-refractivity contribution in [1.82, 2.24) is 15.3 Å². The lowest BCUT2D eigenvalue weighted by Crippen LogP contribution is -2.27. The predicted octanol–water partition coefficient (Wildman–Crippen LogP) is 4.15. The minimum absolute atomic E-state index is 0.169. The van der Waals surface area contributed by atoms with Gasteiger partial charge in [-0.25, -0.2) is 9.78 Å². The minimum atomic E-state index is -0.465. The van der Waals surface area contributed by atoms with Crippen LogP contribution in [-0.2, 0) is 28.9 Å². The Morgan fingerprint density at radius 1 is 1.36 bits per heavy atom. The lowest BCUT2D eigenvalue weighted by atomic mass is 9.88. The van der Waals surface area contributed by atoms with Gasteiger partial charge in [0, 0.05) is 34.9 Å². The number of pyridine rings is 1. The quantitative estimate of drug-likeness (QED) is 0.492. The van der Waals surface area contributed by atoms with Gasteiger partial charge in [-0.15, -0.1) is 22.7 Å². The van der Waals surface area contributed by atoms with E-state index in [-0.39, 0.29) is 11.8 Å². The Kier molecular flexibility index (Phi) is 7.44. The van der Waals surface area contributed by atoms with Crippen LogP contribution >= 0.6 is 22.7 Å². The third-order valence-corrected chi connectivity index (χ3v) is 7.09. The Morgan fingerprint density at radius 2 is 2.27 bits per heavy atom. The highest BCUT2D eigenvalue weighted by molar-refractivity contribution is 7.16. The first-order valence-corrected chi connectivity index (χ1v) is 12.0. The summed E-state index contributed by atoms with van der Waals surface area (Å²) in [5.74, 6) is -0.131. The SMILES string of the molecule is N#Cc1c(NC(=O)/C=C/c2cccnc2)sc2c1CCC(COC(=O)NCc1nccs1)C2. The van der Waals surface area contributed by atoms with E-state index in [0.717, 1.165) is 27.4 Å². The van der Waals surface area contributed by atoms with Crippen molar-refractivity contribution in [2.75, 3.05) is 11.9 Å². The van der Waals surface area contributed by atoms with Crippen LogP contribution in [0.5, 0.6) is 0 Å². The van der Waals surface area contributed by atoms with Crippen LogP contribution in [0.4, 0.5) is 9.80 Å². The number of thiazole rings is 1. The first-order valence-electron chi connectivity index (χ1n) is 10.3. The first kappa shape index (κ1) is 22.6. The number of hydrogen-bond donors (Lipinski definition) is 2. The van der Waals surface area contributed by atoms with Gasteiger partial charge in [0.25, 0.3) is 0 Å². The van der Waals surface area contributed by atoms with Crippen LogP contribution in [0.25, 0.3) is 6.08 Å². The van der Waals surface area contributed by atoms with E-state index in [9.17, 15) is 14.9 Å². The standard InChI is InChI=1S/C23H21N5O3S2/c24-11-18-17-5-3-16(14-31-23(30)27-13-21-26-8-9-32-21)10-19(17)33-22(18)28-20(29)6-4-15-2-1-7-25-12-15/h1-2,4,6-9,12,16H,3,5,10,13-14H2,(H,27,30)(H,28,29)/b6-4+. The fourth-order valence-corrected chi connectivity index (χ4v) is 5.41. The van der Waals surface area contributed by atoms with Crippen molar-refractivity contribution in [1.29, 1.82) is 5.26 Å². The number of carbonyl (C=O) groups is 2. The molecule has 1 unspecified atom stereocenters. The van der Waals surface area contributed by atoms with E-state index >= 15 is 0 Å². The fourth-order valence-electron chi connectivity index (χ4n) is 3.54. The second-order valence-electron chi connectivity index (χ2n) is 7.42. The molecule has 3 aromatic rings. The van der Waals surface area contributed by atoms with E-state index in [1.807, 2.05) is 11.4 Å². The van der Waals surface area contributed by atoms with E-state index < -0.39 is 6.09 Å². The molecule has 1 aliphatic carbocycles. The van der Waals surface area contributed by atoms with Gasteiger partial charge >= 0.3 is 6.09 Å². The summed E-state index contributed by atoms with van der Waals surface area (Å²) in [5, 5.41) is 18.4. The van der Waals surface area contributed by atoms with Gasteiger partial charge in [-0.3, -0.25) is 9.78 Å². The molecular formula is C23H21N5O3S2. The number of nitrogens with zero attached hydrogens (tertiary/aromatic N) is 3. The van der Waals surface area contributed by atoms with E-state index in [1.165, 1.54) is 28.7 Å². The van der Waals surface area contributed by atoms with Crippen LogP contribution in [-0.4, -0.2) is 28.6 Å². The number of alkyl carbamates (subject to hydrolysis) is 1. The van der Waals surface area contributed by atoms with Gasteiger partial charge in [0.2, 0.25) is 5.91 Å². The number of fused-ring (bicyclic) bond motifs is 1. The number of thiophene rings is 1. The molecule has 1 atom stereocenters. The van der Waals surface area contributed by atoms with Crippen LogP contribution in [0, 0.1) is 17.2 Å². The number of nitrogens with one attached hydrogen (secondary N) is 2. The van der Waals surface area contributed by atoms with E-state index in [2.05, 4.69) is 26.7 Å². The largest absolute Gasteiger partial charge is 0.449 e. The molecule has 0 aromatic carbocycles. The summed E-state index contributed by atoms with van der Waals surface area (Å²) in [6, 6.07) is 5.88. The second kappa shape index (κ2) is 10.8. The zero-order valence-electron chi connectivity index (χ0n) is 17.6. The van der Waals surface area contributed by atoms with Crippen LogP contribution in [0.15, 0.2) is 42.2 Å². The number of aromatic nitrogens is 2. The first-order chi connectivity index (χ1) is 16.1. The smallest absolute Gasteiger partial charge is 0.407 e. The van der Waals surface area contributed by atoms with E-state index in [4.69, 9.17) is 4.74 Å². The van der Waals surface area contributed by atoms with E-state index in [1.54, 1.807) is 30.7 Å². The van der Waals surface area contributed by atoms with Crippen LogP contribution in [0.3, 0.4) is 0 Å². The number of rotatable bonds is 7. The van der Waals surface area contributed by atoms with Gasteiger partial charge in [0.15, 0.2) is 0 Å². The molecular weight excluding hydrogens is 458 g/mol. The molecule has 0 saturated heterocycles. The summed E-state index contributed by atoms with van der Waals surface area (Å²) in [6.07, 6.45) is 9.89. The number of nitriles is 1. The third kappa shape index (κ3) is 6.03. The molecule has 3 heterocycles. The number of anilines is 1. The lowest BCUT2D eigenvalue weighted by Gasteiger charge is -2.21. The fraction of sp³-hybridized carbons (Fsp3) is 0.261. The summed E-state index contributed by atoms with van der Waals surface area (Å²) in [5.41, 5.74) is 2.33. The molecule has 8 nitrogen and oxygen atoms in total. The Morgan fingerprint density at radius 3 is 3.03 bits per heavy atom. The molecule has 2 N–H and O–H groups in total. The van der Waals surface area contributed by atoms with E-state index in [0.29, 0.717) is 36.6 Å². The normalized spacial score (nSPS) is 14.9. The molecule has 4 rings (SSSR count). The average Bonchev–Trinajstić information content (AvgIpc) is 3.47. The molecule has 1 aliphatic rings. The minimum Gasteiger partial charge on any atom is -0.449 e. The summed E-state index contributed by atoms with van der Waals surface area (Å²) in [6.45, 7) is 0.651. The molecule has 2 amide bonds. The van der Waals surface area contributed by atoms with Crippen molar-refractivity contribution in [2.45, 2.75) is 25.8 Å². The molecule has 0 aliphatic heterocycles. The second-order valence-corrected chi connectivity index (χ2v) is 9.50. The number of amides is 2. The molecule has 10 heteroatoms. The van der Waals surface area contributed by atoms with Crippen molar-refractivity contribution in [3.63, 3.8) is 0 Å². The zero-order chi connectivity index (χ0) is 23.0. The monoisotopic (exact) mass is 479 g/mol. The lowest BCUT2D eigenvalue weighted by molar-refractivity contribution is -0.111. The topological polar surface area (TPSA) is 117 Å². The van der Waals surface area contributed by atoms with Crippen molar-refractivity contribution >= 4 is 45.8 Å². The summed E-state index contributed by atoms with van der Waals surface area (Å²) < 4.78 is 5.38. The maximum atomic E-state index is 12.4. The van der Waals surface area contributed by atoms with Crippen molar-refractivity contribution in [3.05, 3.63) is 68.8 Å². The Balaban J connectivity index is 1.32. The summed E-state index contributed by atoms with van der Waals surface area (Å²) >= 11 is 2.89. The molecule has 0 fully saturated rings. The van der Waals surface area contributed by atoms with Crippen molar-refractivity contribution in [2.24, 2.45) is 5.92 Å². The van der Waals surface area contributed by atoms with Gasteiger partial charge in [0.1, 0.15) is 16.1 Å². The number of carbonyl (C=O) groups excluding carboxylic acids is 2. The van der Waals surface area contributed by atoms with Gasteiger partial charge in [-0.2, -0.15) is 5.26 Å². The van der Waals surface area contributed by atoms with Gasteiger partial charge in [0.05, 0.1) is 18.7 Å². The highest BCUT2D eigenvalue weighted by Crippen LogP contribution is 2.39. The number of ether oxygens (including phenoxy) is 1. The number of hydrogen-bond acceptors (Lipinski definition) is 8. The predicted molar refractivity (Wildman–Crippen MR) is 127 cm³/mol. The molecule has 168 valence electrons. The zero-order valence-corrected chi connectivity index (χ0v) is 19.2. The molecule has 0 radical (unpaired) electrons. The Hall–Kier alpha value is -3.55. The van der Waals surface area contributed by atoms with Crippen LogP contribution in [0.1, 0.15) is 33.0 Å². The summed E-state index contributed by atoms with van der Waals surface area (Å²) in [4.78, 5) is 33.5. The highest BCUT2D eigenvalue weighted by atomic mass is 32.1. The highest BCUT2D eigenvalue weighted by Gasteiger charge is 2.27. The van der Waals surface area contributed by atoms with Gasteiger partial charge < -0.3 is 15.4 Å². The molecule has 0 saturated carbocycles. The Labute approximate surface area is 199 Å². The van der Waals surface area contributed by atoms with Crippen molar-refractivity contribution in [3.8, 4) is 6.07 Å². The molecule has 0 bridgehead atoms. The maximum absolute atomic E-state index is 12.4. The Bertz CT molecular complexity index is 1180. The molecule has 0 spiro atoms. The molecule has 33 heavy (non-hydrogen) atoms. The van der Waals surface area contributed by atoms with Gasteiger partial charge in [-0.05, 0) is 48.4 Å². The van der Waals surface area contributed by atoms with Gasteiger partial charge in [-0.1, -0.05) is 6.07 Å². The summed E-state index contributed by atoms with van der Waals surface area (Å²) in [7, 11) is 0. The molecule has 3 aromatic heterocycles. The third-order valence-electron chi connectivity index (χ3n) is 5.14. The van der Waals surface area contributed by atoms with Crippen molar-refractivity contribution < 1.29 is 14.3 Å². The average molecular weight is 480 g/mol.